The lowest BCUT2D eigenvalue weighted by molar-refractivity contribution is 0.475. The van der Waals surface area contributed by atoms with Crippen LogP contribution in [0.2, 0.25) is 5.02 Å². The first-order valence-electron chi connectivity index (χ1n) is 5.96. The maximum Gasteiger partial charge on any atom is 0.132 e. The smallest absolute Gasteiger partial charge is 0.132 e. The first-order chi connectivity index (χ1) is 9.54. The van der Waals surface area contributed by atoms with Gasteiger partial charge < -0.3 is 10.2 Å². The zero-order chi connectivity index (χ0) is 14.3. The molecule has 3 aromatic carbocycles. The van der Waals surface area contributed by atoms with E-state index in [2.05, 4.69) is 0 Å². The van der Waals surface area contributed by atoms with Crippen molar-refractivity contribution in [1.82, 2.24) is 0 Å². The molecule has 0 spiro atoms. The predicted octanol–water partition coefficient (Wildman–Crippen LogP) is 4.71. The molecule has 3 rings (SSSR count). The Morgan fingerprint density at radius 3 is 2.35 bits per heavy atom. The maximum absolute atomic E-state index is 13.9. The van der Waals surface area contributed by atoms with Gasteiger partial charge in [-0.15, -0.1) is 0 Å². The highest BCUT2D eigenvalue weighted by Gasteiger charge is 2.11. The molecule has 4 heteroatoms. The van der Waals surface area contributed by atoms with Crippen molar-refractivity contribution < 1.29 is 14.6 Å². The first kappa shape index (κ1) is 12.8. The average Bonchev–Trinajstić information content (AvgIpc) is 2.38. The van der Waals surface area contributed by atoms with E-state index in [0.29, 0.717) is 16.0 Å². The lowest BCUT2D eigenvalue weighted by Gasteiger charge is -2.09. The largest absolute Gasteiger partial charge is 0.508 e. The normalized spacial score (nSPS) is 10.9. The number of phenols is 2. The average molecular weight is 289 g/mol. The summed E-state index contributed by atoms with van der Waals surface area (Å²) < 4.78 is 13.9. The van der Waals surface area contributed by atoms with Crippen molar-refractivity contribution >= 4 is 22.4 Å². The van der Waals surface area contributed by atoms with Crippen LogP contribution in [0.4, 0.5) is 4.39 Å². The Hall–Kier alpha value is -2.26. The van der Waals surface area contributed by atoms with Crippen molar-refractivity contribution in [3.8, 4) is 22.6 Å². The molecule has 0 atom stereocenters. The van der Waals surface area contributed by atoms with Crippen molar-refractivity contribution in [2.75, 3.05) is 0 Å². The van der Waals surface area contributed by atoms with E-state index in [1.807, 2.05) is 0 Å². The molecule has 0 bridgehead atoms. The number of hydrogen-bond donors (Lipinski definition) is 2. The third-order valence-electron chi connectivity index (χ3n) is 3.16. The molecule has 20 heavy (non-hydrogen) atoms. The van der Waals surface area contributed by atoms with Gasteiger partial charge in [-0.25, -0.2) is 4.39 Å². The van der Waals surface area contributed by atoms with Crippen LogP contribution in [0.15, 0.2) is 48.5 Å². The molecule has 0 aliphatic heterocycles. The van der Waals surface area contributed by atoms with Crippen LogP contribution in [-0.2, 0) is 0 Å². The highest BCUT2D eigenvalue weighted by Crippen LogP contribution is 2.36. The van der Waals surface area contributed by atoms with Crippen molar-refractivity contribution in [1.29, 1.82) is 0 Å². The number of fused-ring (bicyclic) bond motifs is 1. The van der Waals surface area contributed by atoms with Crippen molar-refractivity contribution in [3.63, 3.8) is 0 Å². The highest BCUT2D eigenvalue weighted by molar-refractivity contribution is 6.30. The van der Waals surface area contributed by atoms with Gasteiger partial charge in [0.1, 0.15) is 17.3 Å². The number of phenolic OH excluding ortho intramolecular Hbond substituents is 2. The van der Waals surface area contributed by atoms with Crippen LogP contribution < -0.4 is 0 Å². The molecule has 0 unspecified atom stereocenters. The van der Waals surface area contributed by atoms with Crippen LogP contribution in [-0.4, -0.2) is 10.2 Å². The molecule has 0 amide bonds. The van der Waals surface area contributed by atoms with Crippen LogP contribution in [0.5, 0.6) is 11.5 Å². The van der Waals surface area contributed by atoms with E-state index in [0.717, 1.165) is 5.39 Å². The minimum atomic E-state index is -0.495. The molecule has 0 heterocycles. The molecule has 3 aromatic rings. The minimum absolute atomic E-state index is 0.0516. The zero-order valence-corrected chi connectivity index (χ0v) is 11.0. The molecule has 0 fully saturated rings. The molecule has 100 valence electrons. The second-order valence-corrected chi connectivity index (χ2v) is 4.96. The highest BCUT2D eigenvalue weighted by atomic mass is 35.5. The number of aromatic hydroxyl groups is 2. The fourth-order valence-electron chi connectivity index (χ4n) is 2.20. The summed E-state index contributed by atoms with van der Waals surface area (Å²) >= 11 is 5.73. The van der Waals surface area contributed by atoms with Crippen molar-refractivity contribution in [2.45, 2.75) is 0 Å². The molecular weight excluding hydrogens is 279 g/mol. The van der Waals surface area contributed by atoms with Gasteiger partial charge in [-0.2, -0.15) is 0 Å². The first-order valence-corrected chi connectivity index (χ1v) is 6.33. The van der Waals surface area contributed by atoms with Crippen LogP contribution in [0.1, 0.15) is 0 Å². The van der Waals surface area contributed by atoms with E-state index >= 15 is 0 Å². The van der Waals surface area contributed by atoms with Crippen LogP contribution in [0, 0.1) is 5.82 Å². The lowest BCUT2D eigenvalue weighted by atomic mass is 9.99. The van der Waals surface area contributed by atoms with E-state index < -0.39 is 5.82 Å². The summed E-state index contributed by atoms with van der Waals surface area (Å²) in [5, 5.41) is 21.3. The Labute approximate surface area is 119 Å². The second kappa shape index (κ2) is 4.69. The Bertz CT molecular complexity index is 815. The topological polar surface area (TPSA) is 40.5 Å². The summed E-state index contributed by atoms with van der Waals surface area (Å²) in [5.41, 5.74) is 0.666. The third-order valence-corrected chi connectivity index (χ3v) is 3.39. The number of benzene rings is 3. The molecule has 0 aliphatic carbocycles. The van der Waals surface area contributed by atoms with Gasteiger partial charge in [-0.05, 0) is 53.2 Å². The van der Waals surface area contributed by atoms with Gasteiger partial charge in [0.25, 0.3) is 0 Å². The molecule has 0 aromatic heterocycles. The van der Waals surface area contributed by atoms with Gasteiger partial charge in [-0.1, -0.05) is 17.7 Å². The summed E-state index contributed by atoms with van der Waals surface area (Å²) in [6.45, 7) is 0. The third kappa shape index (κ3) is 2.17. The summed E-state index contributed by atoms with van der Waals surface area (Å²) in [6.07, 6.45) is 0. The quantitative estimate of drug-likeness (QED) is 0.681. The van der Waals surface area contributed by atoms with Crippen LogP contribution in [0.3, 0.4) is 0 Å². The molecule has 0 saturated heterocycles. The fraction of sp³-hybridized carbons (Fsp3) is 0. The Morgan fingerprint density at radius 2 is 1.60 bits per heavy atom. The number of rotatable bonds is 1. The summed E-state index contributed by atoms with van der Waals surface area (Å²) in [7, 11) is 0. The van der Waals surface area contributed by atoms with E-state index in [1.54, 1.807) is 24.3 Å². The molecule has 0 saturated carbocycles. The van der Waals surface area contributed by atoms with Crippen molar-refractivity contribution in [2.24, 2.45) is 0 Å². The number of hydrogen-bond acceptors (Lipinski definition) is 2. The Balaban J connectivity index is 2.25. The standard InChI is InChI=1S/C16H10ClFO2/c17-11-2-4-13(15(18)8-11)14-6-9-1-3-12(19)5-10(9)7-16(14)20/h1-8,19-20H. The Morgan fingerprint density at radius 1 is 0.800 bits per heavy atom. The minimum Gasteiger partial charge on any atom is -0.508 e. The van der Waals surface area contributed by atoms with E-state index in [1.165, 1.54) is 24.3 Å². The van der Waals surface area contributed by atoms with Crippen LogP contribution in [0.25, 0.3) is 21.9 Å². The van der Waals surface area contributed by atoms with Gasteiger partial charge in [0.2, 0.25) is 0 Å². The van der Waals surface area contributed by atoms with E-state index in [9.17, 15) is 14.6 Å². The molecule has 0 aliphatic rings. The molecule has 2 N–H and O–H groups in total. The molecule has 0 radical (unpaired) electrons. The van der Waals surface area contributed by atoms with Crippen LogP contribution >= 0.6 is 11.6 Å². The zero-order valence-electron chi connectivity index (χ0n) is 10.3. The van der Waals surface area contributed by atoms with Gasteiger partial charge in [0.05, 0.1) is 0 Å². The SMILES string of the molecule is Oc1ccc2cc(-c3ccc(Cl)cc3F)c(O)cc2c1. The maximum atomic E-state index is 13.9. The summed E-state index contributed by atoms with van der Waals surface area (Å²) in [6, 6.07) is 12.3. The fourth-order valence-corrected chi connectivity index (χ4v) is 2.36. The Kier molecular flexibility index (Phi) is 2.99. The summed E-state index contributed by atoms with van der Waals surface area (Å²) in [4.78, 5) is 0. The number of halogens is 2. The predicted molar refractivity (Wildman–Crippen MR) is 77.7 cm³/mol. The van der Waals surface area contributed by atoms with Gasteiger partial charge in [0, 0.05) is 16.1 Å². The van der Waals surface area contributed by atoms with E-state index in [4.69, 9.17) is 11.6 Å². The monoisotopic (exact) mass is 288 g/mol. The van der Waals surface area contributed by atoms with Gasteiger partial charge in [-0.3, -0.25) is 0 Å². The lowest BCUT2D eigenvalue weighted by Crippen LogP contribution is -1.86. The molecular formula is C16H10ClFO2. The summed E-state index contributed by atoms with van der Waals surface area (Å²) in [5.74, 6) is -0.433. The van der Waals surface area contributed by atoms with Gasteiger partial charge in [0.15, 0.2) is 0 Å². The van der Waals surface area contributed by atoms with Crippen molar-refractivity contribution in [3.05, 3.63) is 59.4 Å². The molecule has 2 nitrogen and oxygen atoms in total. The van der Waals surface area contributed by atoms with Gasteiger partial charge >= 0.3 is 0 Å². The van der Waals surface area contributed by atoms with E-state index in [-0.39, 0.29) is 17.1 Å². The second-order valence-electron chi connectivity index (χ2n) is 4.52.